The van der Waals surface area contributed by atoms with Gasteiger partial charge in [-0.05, 0) is 19.3 Å². The van der Waals surface area contributed by atoms with Crippen LogP contribution in [0.25, 0.3) is 0 Å². The van der Waals surface area contributed by atoms with E-state index in [-0.39, 0.29) is 24.7 Å². The van der Waals surface area contributed by atoms with Gasteiger partial charge in [-0.2, -0.15) is 0 Å². The lowest BCUT2D eigenvalue weighted by Gasteiger charge is -2.16. The number of rotatable bonds is 8. The van der Waals surface area contributed by atoms with Crippen molar-refractivity contribution < 1.29 is 19.5 Å². The summed E-state index contributed by atoms with van der Waals surface area (Å²) in [5, 5.41) is 13.9. The molecule has 2 amide bonds. The van der Waals surface area contributed by atoms with Crippen LogP contribution in [0, 0.1) is 5.92 Å². The van der Waals surface area contributed by atoms with E-state index in [1.54, 1.807) is 6.92 Å². The summed E-state index contributed by atoms with van der Waals surface area (Å²) in [6.45, 7) is 6.08. The topological polar surface area (TPSA) is 95.5 Å². The van der Waals surface area contributed by atoms with Crippen LogP contribution >= 0.6 is 0 Å². The number of carbonyl (C=O) groups is 3. The molecule has 0 aliphatic carbocycles. The maximum atomic E-state index is 11.5. The predicted molar refractivity (Wildman–Crippen MR) is 66.9 cm³/mol. The zero-order valence-corrected chi connectivity index (χ0v) is 11.2. The van der Waals surface area contributed by atoms with Gasteiger partial charge in [0.15, 0.2) is 0 Å². The Morgan fingerprint density at radius 1 is 1.11 bits per heavy atom. The van der Waals surface area contributed by atoms with E-state index >= 15 is 0 Å². The smallest absolute Gasteiger partial charge is 0.326 e. The first kappa shape index (κ1) is 16.4. The summed E-state index contributed by atoms with van der Waals surface area (Å²) in [4.78, 5) is 33.5. The van der Waals surface area contributed by atoms with Crippen LogP contribution in [-0.4, -0.2) is 35.5 Å². The van der Waals surface area contributed by atoms with Crippen LogP contribution in [0.2, 0.25) is 0 Å². The minimum absolute atomic E-state index is 0.00765. The molecule has 0 aliphatic rings. The standard InChI is InChI=1S/C12H22N2O4/c1-4-13-10(15)5-6-11(16)14-9(12(17)18)7-8(2)3/h8-9H,4-7H2,1-3H3,(H,13,15)(H,14,16)(H,17,18). The fourth-order valence-corrected chi connectivity index (χ4v) is 1.47. The molecule has 1 atom stereocenters. The lowest BCUT2D eigenvalue weighted by molar-refractivity contribution is -0.142. The molecule has 0 saturated carbocycles. The molecule has 0 spiro atoms. The van der Waals surface area contributed by atoms with Crippen molar-refractivity contribution in [3.63, 3.8) is 0 Å². The second-order valence-electron chi connectivity index (χ2n) is 4.54. The molecule has 0 rings (SSSR count). The van der Waals surface area contributed by atoms with E-state index in [1.165, 1.54) is 0 Å². The van der Waals surface area contributed by atoms with Crippen molar-refractivity contribution in [1.29, 1.82) is 0 Å². The lowest BCUT2D eigenvalue weighted by Crippen LogP contribution is -2.42. The number of hydrogen-bond donors (Lipinski definition) is 3. The Kier molecular flexibility index (Phi) is 7.74. The van der Waals surface area contributed by atoms with Crippen LogP contribution in [0.3, 0.4) is 0 Å². The van der Waals surface area contributed by atoms with Crippen LogP contribution in [0.1, 0.15) is 40.0 Å². The average molecular weight is 258 g/mol. The monoisotopic (exact) mass is 258 g/mol. The second-order valence-corrected chi connectivity index (χ2v) is 4.54. The van der Waals surface area contributed by atoms with E-state index in [0.29, 0.717) is 13.0 Å². The van der Waals surface area contributed by atoms with Gasteiger partial charge in [0.1, 0.15) is 6.04 Å². The Morgan fingerprint density at radius 2 is 1.67 bits per heavy atom. The molecule has 1 unspecified atom stereocenters. The van der Waals surface area contributed by atoms with Gasteiger partial charge in [-0.15, -0.1) is 0 Å². The maximum Gasteiger partial charge on any atom is 0.326 e. The number of carboxylic acid groups (broad SMARTS) is 1. The highest BCUT2D eigenvalue weighted by Gasteiger charge is 2.21. The lowest BCUT2D eigenvalue weighted by atomic mass is 10.0. The van der Waals surface area contributed by atoms with E-state index in [9.17, 15) is 14.4 Å². The third-order valence-electron chi connectivity index (χ3n) is 2.29. The molecule has 0 aromatic carbocycles. The van der Waals surface area contributed by atoms with Gasteiger partial charge >= 0.3 is 5.97 Å². The van der Waals surface area contributed by atoms with Gasteiger partial charge in [-0.3, -0.25) is 9.59 Å². The number of amides is 2. The largest absolute Gasteiger partial charge is 0.480 e. The van der Waals surface area contributed by atoms with Crippen LogP contribution < -0.4 is 10.6 Å². The van der Waals surface area contributed by atoms with Gasteiger partial charge in [0, 0.05) is 19.4 Å². The summed E-state index contributed by atoms with van der Waals surface area (Å²) in [5.41, 5.74) is 0. The predicted octanol–water partition coefficient (Wildman–Crippen LogP) is 0.518. The van der Waals surface area contributed by atoms with Crippen molar-refractivity contribution in [1.82, 2.24) is 10.6 Å². The first-order valence-corrected chi connectivity index (χ1v) is 6.15. The molecule has 6 heteroatoms. The summed E-state index contributed by atoms with van der Waals surface area (Å²) in [6.07, 6.45) is 0.462. The SMILES string of the molecule is CCNC(=O)CCC(=O)NC(CC(C)C)C(=O)O. The van der Waals surface area contributed by atoms with Crippen molar-refractivity contribution in [3.05, 3.63) is 0 Å². The van der Waals surface area contributed by atoms with E-state index in [0.717, 1.165) is 0 Å². The third kappa shape index (κ3) is 7.65. The molecule has 0 bridgehead atoms. The molecule has 0 aliphatic heterocycles. The Labute approximate surface area is 107 Å². The van der Waals surface area contributed by atoms with Gasteiger partial charge < -0.3 is 15.7 Å². The summed E-state index contributed by atoms with van der Waals surface area (Å²) >= 11 is 0. The molecule has 6 nitrogen and oxygen atoms in total. The Balaban J connectivity index is 4.10. The van der Waals surface area contributed by atoms with Crippen molar-refractivity contribution in [2.24, 2.45) is 5.92 Å². The van der Waals surface area contributed by atoms with Gasteiger partial charge in [0.2, 0.25) is 11.8 Å². The zero-order chi connectivity index (χ0) is 14.1. The Morgan fingerprint density at radius 3 is 2.11 bits per heavy atom. The summed E-state index contributed by atoms with van der Waals surface area (Å²) < 4.78 is 0. The minimum Gasteiger partial charge on any atom is -0.480 e. The molecular formula is C12H22N2O4. The second kappa shape index (κ2) is 8.49. The fraction of sp³-hybridized carbons (Fsp3) is 0.750. The highest BCUT2D eigenvalue weighted by Crippen LogP contribution is 2.05. The summed E-state index contributed by atoms with van der Waals surface area (Å²) in [6, 6.07) is -0.883. The van der Waals surface area contributed by atoms with Crippen LogP contribution in [0.15, 0.2) is 0 Å². The molecule has 0 heterocycles. The highest BCUT2D eigenvalue weighted by molar-refractivity contribution is 5.86. The van der Waals surface area contributed by atoms with Crippen LogP contribution in [-0.2, 0) is 14.4 Å². The van der Waals surface area contributed by atoms with E-state index < -0.39 is 17.9 Å². The Hall–Kier alpha value is -1.59. The molecule has 0 saturated heterocycles. The van der Waals surface area contributed by atoms with Gasteiger partial charge in [0.25, 0.3) is 0 Å². The van der Waals surface area contributed by atoms with Gasteiger partial charge in [0.05, 0.1) is 0 Å². The number of carboxylic acids is 1. The van der Waals surface area contributed by atoms with Crippen LogP contribution in [0.4, 0.5) is 0 Å². The summed E-state index contributed by atoms with van der Waals surface area (Å²) in [7, 11) is 0. The van der Waals surface area contributed by atoms with Crippen molar-refractivity contribution in [3.8, 4) is 0 Å². The normalized spacial score (nSPS) is 12.0. The van der Waals surface area contributed by atoms with Crippen molar-refractivity contribution in [2.75, 3.05) is 6.54 Å². The molecule has 0 radical (unpaired) electrons. The van der Waals surface area contributed by atoms with E-state index in [4.69, 9.17) is 5.11 Å². The molecule has 104 valence electrons. The number of carbonyl (C=O) groups excluding carboxylic acids is 2. The van der Waals surface area contributed by atoms with Crippen molar-refractivity contribution in [2.45, 2.75) is 46.1 Å². The number of hydrogen-bond acceptors (Lipinski definition) is 3. The van der Waals surface area contributed by atoms with Gasteiger partial charge in [-0.25, -0.2) is 4.79 Å². The highest BCUT2D eigenvalue weighted by atomic mass is 16.4. The quantitative estimate of drug-likeness (QED) is 0.591. The third-order valence-corrected chi connectivity index (χ3v) is 2.29. The zero-order valence-electron chi connectivity index (χ0n) is 11.2. The van der Waals surface area contributed by atoms with E-state index in [2.05, 4.69) is 10.6 Å². The minimum atomic E-state index is -1.05. The number of nitrogens with one attached hydrogen (secondary N) is 2. The first-order valence-electron chi connectivity index (χ1n) is 6.15. The number of aliphatic carboxylic acids is 1. The molecule has 18 heavy (non-hydrogen) atoms. The fourth-order valence-electron chi connectivity index (χ4n) is 1.47. The van der Waals surface area contributed by atoms with E-state index in [1.807, 2.05) is 13.8 Å². The van der Waals surface area contributed by atoms with Crippen LogP contribution in [0.5, 0.6) is 0 Å². The average Bonchev–Trinajstić information content (AvgIpc) is 2.25. The molecule has 3 N–H and O–H groups in total. The molecular weight excluding hydrogens is 236 g/mol. The van der Waals surface area contributed by atoms with Crippen molar-refractivity contribution >= 4 is 17.8 Å². The maximum absolute atomic E-state index is 11.5. The summed E-state index contributed by atoms with van der Waals surface area (Å²) in [5.74, 6) is -1.48. The Bertz CT molecular complexity index is 302. The van der Waals surface area contributed by atoms with Gasteiger partial charge in [-0.1, -0.05) is 13.8 Å². The molecule has 0 fully saturated rings. The molecule has 0 aromatic rings. The molecule has 0 aromatic heterocycles. The first-order chi connectivity index (χ1) is 8.36.